The number of nitrogens with zero attached hydrogens (tertiary/aromatic N) is 2. The number of amides is 1. The van der Waals surface area contributed by atoms with Gasteiger partial charge in [-0.25, -0.2) is 13.8 Å². The maximum absolute atomic E-state index is 13.0. The monoisotopic (exact) mass is 305 g/mol. The van der Waals surface area contributed by atoms with E-state index in [1.165, 1.54) is 22.9 Å². The van der Waals surface area contributed by atoms with Crippen LogP contribution in [0.3, 0.4) is 0 Å². The summed E-state index contributed by atoms with van der Waals surface area (Å²) in [4.78, 5) is 36.2. The van der Waals surface area contributed by atoms with Gasteiger partial charge >= 0.3 is 5.69 Å². The minimum absolute atomic E-state index is 0.123. The van der Waals surface area contributed by atoms with Crippen LogP contribution in [-0.4, -0.2) is 15.0 Å². The first-order valence-corrected chi connectivity index (χ1v) is 6.73. The molecule has 0 atom stereocenters. The molecular weight excluding hydrogens is 289 g/mol. The highest BCUT2D eigenvalue weighted by molar-refractivity contribution is 5.92. The van der Waals surface area contributed by atoms with Gasteiger partial charge in [-0.3, -0.25) is 14.2 Å². The number of rotatable bonds is 4. The maximum Gasteiger partial charge on any atom is 0.335 e. The summed E-state index contributed by atoms with van der Waals surface area (Å²) in [6, 6.07) is 4.85. The smallest absolute Gasteiger partial charge is 0.335 e. The molecule has 1 aromatic heterocycles. The van der Waals surface area contributed by atoms with Crippen molar-refractivity contribution in [2.24, 2.45) is 11.7 Å². The molecule has 2 N–H and O–H groups in total. The molecule has 1 aromatic carbocycles. The second-order valence-corrected chi connectivity index (χ2v) is 5.35. The van der Waals surface area contributed by atoms with Crippen molar-refractivity contribution in [3.05, 3.63) is 62.7 Å². The van der Waals surface area contributed by atoms with Gasteiger partial charge < -0.3 is 5.73 Å². The molecule has 0 saturated carbocycles. The molecule has 0 fully saturated rings. The lowest BCUT2D eigenvalue weighted by Crippen LogP contribution is -2.42. The normalized spacial score (nSPS) is 10.9. The first-order valence-electron chi connectivity index (χ1n) is 6.73. The molecule has 1 amide bonds. The number of carbonyl (C=O) groups excluding carboxylic acids is 1. The molecule has 0 unspecified atom stereocenters. The zero-order chi connectivity index (χ0) is 16.4. The Labute approximate surface area is 125 Å². The average molecular weight is 305 g/mol. The van der Waals surface area contributed by atoms with Crippen LogP contribution in [0.1, 0.15) is 24.2 Å². The Morgan fingerprint density at radius 1 is 1.23 bits per heavy atom. The number of benzene rings is 1. The van der Waals surface area contributed by atoms with E-state index in [1.54, 1.807) is 0 Å². The first-order chi connectivity index (χ1) is 10.3. The van der Waals surface area contributed by atoms with E-state index < -0.39 is 23.0 Å². The Bertz CT molecular complexity index is 819. The minimum Gasteiger partial charge on any atom is -0.365 e. The lowest BCUT2D eigenvalue weighted by Gasteiger charge is -2.13. The second-order valence-electron chi connectivity index (χ2n) is 5.35. The number of primary amides is 1. The van der Waals surface area contributed by atoms with Crippen molar-refractivity contribution in [1.82, 2.24) is 9.13 Å². The van der Waals surface area contributed by atoms with Crippen molar-refractivity contribution in [3.63, 3.8) is 0 Å². The SMILES string of the molecule is CC(C)Cn1cc(C(N)=O)c(=O)n(-c2ccc(F)cc2)c1=O. The molecule has 0 aliphatic rings. The lowest BCUT2D eigenvalue weighted by atomic mass is 10.2. The van der Waals surface area contributed by atoms with Crippen molar-refractivity contribution in [1.29, 1.82) is 0 Å². The van der Waals surface area contributed by atoms with Crippen molar-refractivity contribution < 1.29 is 9.18 Å². The third-order valence-corrected chi connectivity index (χ3v) is 3.07. The Balaban J connectivity index is 2.78. The van der Waals surface area contributed by atoms with E-state index in [2.05, 4.69) is 0 Å². The Morgan fingerprint density at radius 2 is 1.82 bits per heavy atom. The molecule has 7 heteroatoms. The maximum atomic E-state index is 13.0. The molecule has 0 radical (unpaired) electrons. The number of carbonyl (C=O) groups is 1. The summed E-state index contributed by atoms with van der Waals surface area (Å²) < 4.78 is 15.1. The van der Waals surface area contributed by atoms with Gasteiger partial charge in [0.15, 0.2) is 0 Å². The highest BCUT2D eigenvalue weighted by Gasteiger charge is 2.17. The summed E-state index contributed by atoms with van der Waals surface area (Å²) in [5.74, 6) is -1.29. The zero-order valence-corrected chi connectivity index (χ0v) is 12.2. The summed E-state index contributed by atoms with van der Waals surface area (Å²) in [6.45, 7) is 4.11. The molecule has 2 aromatic rings. The first kappa shape index (κ1) is 15.7. The van der Waals surface area contributed by atoms with Gasteiger partial charge in [-0.05, 0) is 30.2 Å². The predicted molar refractivity (Wildman–Crippen MR) is 79.6 cm³/mol. The molecule has 0 aliphatic heterocycles. The molecule has 0 aliphatic carbocycles. The lowest BCUT2D eigenvalue weighted by molar-refractivity contribution is 0.0997. The molecule has 0 saturated heterocycles. The summed E-state index contributed by atoms with van der Waals surface area (Å²) in [5, 5.41) is 0. The highest BCUT2D eigenvalue weighted by Crippen LogP contribution is 2.06. The van der Waals surface area contributed by atoms with Crippen molar-refractivity contribution in [2.75, 3.05) is 0 Å². The van der Waals surface area contributed by atoms with Crippen LogP contribution in [0.15, 0.2) is 40.1 Å². The Kier molecular flexibility index (Phi) is 4.25. The summed E-state index contributed by atoms with van der Waals surface area (Å²) >= 11 is 0. The summed E-state index contributed by atoms with van der Waals surface area (Å²) in [6.07, 6.45) is 1.17. The van der Waals surface area contributed by atoms with E-state index in [0.717, 1.165) is 16.7 Å². The van der Waals surface area contributed by atoms with Crippen LogP contribution in [-0.2, 0) is 6.54 Å². The Morgan fingerprint density at radius 3 is 2.32 bits per heavy atom. The molecule has 116 valence electrons. The third kappa shape index (κ3) is 2.98. The number of hydrogen-bond donors (Lipinski definition) is 1. The van der Waals surface area contributed by atoms with Gasteiger partial charge in [-0.15, -0.1) is 0 Å². The summed E-state index contributed by atoms with van der Waals surface area (Å²) in [5.41, 5.74) is 3.68. The van der Waals surface area contributed by atoms with Crippen molar-refractivity contribution in [2.45, 2.75) is 20.4 Å². The average Bonchev–Trinajstić information content (AvgIpc) is 2.43. The number of aromatic nitrogens is 2. The zero-order valence-electron chi connectivity index (χ0n) is 12.2. The van der Waals surface area contributed by atoms with Gasteiger partial charge in [-0.2, -0.15) is 0 Å². The molecule has 22 heavy (non-hydrogen) atoms. The quantitative estimate of drug-likeness (QED) is 0.910. The number of nitrogens with two attached hydrogens (primary N) is 1. The molecule has 6 nitrogen and oxygen atoms in total. The second kappa shape index (κ2) is 5.97. The third-order valence-electron chi connectivity index (χ3n) is 3.07. The van der Waals surface area contributed by atoms with Gasteiger partial charge in [0, 0.05) is 12.7 Å². The fourth-order valence-electron chi connectivity index (χ4n) is 2.11. The van der Waals surface area contributed by atoms with E-state index in [4.69, 9.17) is 5.73 Å². The molecule has 0 spiro atoms. The van der Waals surface area contributed by atoms with E-state index in [0.29, 0.717) is 6.54 Å². The Hall–Kier alpha value is -2.70. The number of hydrogen-bond acceptors (Lipinski definition) is 3. The van der Waals surface area contributed by atoms with E-state index in [-0.39, 0.29) is 17.2 Å². The van der Waals surface area contributed by atoms with Crippen LogP contribution in [0.4, 0.5) is 4.39 Å². The predicted octanol–water partition coefficient (Wildman–Crippen LogP) is 0.893. The fourth-order valence-corrected chi connectivity index (χ4v) is 2.11. The van der Waals surface area contributed by atoms with Gasteiger partial charge in [0.05, 0.1) is 5.69 Å². The van der Waals surface area contributed by atoms with Gasteiger partial charge in [0.25, 0.3) is 11.5 Å². The van der Waals surface area contributed by atoms with Crippen molar-refractivity contribution >= 4 is 5.91 Å². The van der Waals surface area contributed by atoms with Crippen LogP contribution in [0.25, 0.3) is 5.69 Å². The van der Waals surface area contributed by atoms with Gasteiger partial charge in [-0.1, -0.05) is 13.8 Å². The van der Waals surface area contributed by atoms with Crippen LogP contribution in [0.2, 0.25) is 0 Å². The van der Waals surface area contributed by atoms with Crippen LogP contribution < -0.4 is 17.0 Å². The fraction of sp³-hybridized carbons (Fsp3) is 0.267. The molecule has 0 bridgehead atoms. The van der Waals surface area contributed by atoms with Gasteiger partial charge in [0.2, 0.25) is 0 Å². The highest BCUT2D eigenvalue weighted by atomic mass is 19.1. The number of halogens is 1. The molecule has 2 rings (SSSR count). The minimum atomic E-state index is -0.918. The van der Waals surface area contributed by atoms with Gasteiger partial charge in [0.1, 0.15) is 11.4 Å². The summed E-state index contributed by atoms with van der Waals surface area (Å²) in [7, 11) is 0. The van der Waals surface area contributed by atoms with Crippen molar-refractivity contribution in [3.8, 4) is 5.69 Å². The topological polar surface area (TPSA) is 87.1 Å². The standard InChI is InChI=1S/C15H16FN3O3/c1-9(2)7-18-8-12(13(17)20)14(21)19(15(18)22)11-5-3-10(16)4-6-11/h3-6,8-9H,7H2,1-2H3,(H2,17,20). The molecule has 1 heterocycles. The van der Waals surface area contributed by atoms with E-state index >= 15 is 0 Å². The van der Waals surface area contributed by atoms with Crippen LogP contribution in [0, 0.1) is 11.7 Å². The largest absolute Gasteiger partial charge is 0.365 e. The van der Waals surface area contributed by atoms with E-state index in [1.807, 2.05) is 13.8 Å². The van der Waals surface area contributed by atoms with Crippen LogP contribution >= 0.6 is 0 Å². The molecular formula is C15H16FN3O3. The van der Waals surface area contributed by atoms with Crippen LogP contribution in [0.5, 0.6) is 0 Å². The van der Waals surface area contributed by atoms with E-state index in [9.17, 15) is 18.8 Å².